The first kappa shape index (κ1) is 20.0. The Labute approximate surface area is 155 Å². The molecule has 0 aromatic heterocycles. The highest BCUT2D eigenvalue weighted by atomic mass is 15.1. The van der Waals surface area contributed by atoms with E-state index in [1.165, 1.54) is 61.8 Å². The van der Waals surface area contributed by atoms with Crippen molar-refractivity contribution >= 4 is 5.69 Å². The lowest BCUT2D eigenvalue weighted by molar-refractivity contribution is 0.339. The fourth-order valence-corrected chi connectivity index (χ4v) is 3.77. The van der Waals surface area contributed by atoms with Crippen LogP contribution in [0.25, 0.3) is 0 Å². The van der Waals surface area contributed by atoms with Gasteiger partial charge in [0.2, 0.25) is 0 Å². The van der Waals surface area contributed by atoms with Gasteiger partial charge in [0.1, 0.15) is 0 Å². The lowest BCUT2D eigenvalue weighted by Crippen LogP contribution is -2.45. The third-order valence-corrected chi connectivity index (χ3v) is 5.19. The SMILES string of the molecule is CC(C)=CCN(CC(C)(C)N)c1ccc(CCC2CCCCC2)cc1. The summed E-state index contributed by atoms with van der Waals surface area (Å²) in [5.41, 5.74) is 10.2. The summed E-state index contributed by atoms with van der Waals surface area (Å²) in [5, 5.41) is 0. The molecule has 0 unspecified atom stereocenters. The van der Waals surface area contributed by atoms with Crippen LogP contribution in [0.5, 0.6) is 0 Å². The molecule has 25 heavy (non-hydrogen) atoms. The van der Waals surface area contributed by atoms with Gasteiger partial charge in [-0.05, 0) is 64.2 Å². The highest BCUT2D eigenvalue weighted by Gasteiger charge is 2.17. The molecule has 0 saturated heterocycles. The van der Waals surface area contributed by atoms with Crippen molar-refractivity contribution in [1.29, 1.82) is 0 Å². The maximum absolute atomic E-state index is 6.28. The molecule has 1 aromatic rings. The van der Waals surface area contributed by atoms with Crippen LogP contribution in [0, 0.1) is 5.92 Å². The second-order valence-corrected chi connectivity index (χ2v) is 8.86. The third-order valence-electron chi connectivity index (χ3n) is 5.19. The molecule has 0 bridgehead atoms. The summed E-state index contributed by atoms with van der Waals surface area (Å²) in [4.78, 5) is 2.39. The van der Waals surface area contributed by atoms with Crippen LogP contribution in [0.1, 0.15) is 71.8 Å². The topological polar surface area (TPSA) is 29.3 Å². The molecule has 1 aromatic carbocycles. The number of hydrogen-bond donors (Lipinski definition) is 1. The standard InChI is InChI=1S/C23H38N2/c1-19(2)16-17-25(18-23(3,4)24)22-14-12-21(13-15-22)11-10-20-8-6-5-7-9-20/h12-16,20H,5-11,17-18,24H2,1-4H3. The van der Waals surface area contributed by atoms with Crippen molar-refractivity contribution < 1.29 is 0 Å². The Bertz CT molecular complexity index is 526. The van der Waals surface area contributed by atoms with Gasteiger partial charge < -0.3 is 10.6 Å². The Morgan fingerprint density at radius 3 is 2.32 bits per heavy atom. The molecule has 1 aliphatic rings. The van der Waals surface area contributed by atoms with Crippen LogP contribution in [-0.4, -0.2) is 18.6 Å². The summed E-state index contributed by atoms with van der Waals surface area (Å²) in [6.45, 7) is 10.3. The van der Waals surface area contributed by atoms with Gasteiger partial charge in [-0.3, -0.25) is 0 Å². The quantitative estimate of drug-likeness (QED) is 0.613. The van der Waals surface area contributed by atoms with Gasteiger partial charge in [-0.1, -0.05) is 55.9 Å². The number of nitrogens with zero attached hydrogens (tertiary/aromatic N) is 1. The molecule has 1 aliphatic carbocycles. The van der Waals surface area contributed by atoms with Crippen LogP contribution in [0.15, 0.2) is 35.9 Å². The molecule has 0 spiro atoms. The van der Waals surface area contributed by atoms with Crippen LogP contribution < -0.4 is 10.6 Å². The minimum absolute atomic E-state index is 0.199. The first-order chi connectivity index (χ1) is 11.8. The summed E-state index contributed by atoms with van der Waals surface area (Å²) in [7, 11) is 0. The molecule has 2 rings (SSSR count). The molecular weight excluding hydrogens is 304 g/mol. The normalized spacial score (nSPS) is 15.9. The number of anilines is 1. The Balaban J connectivity index is 1.97. The molecule has 2 heteroatoms. The Hall–Kier alpha value is -1.28. The van der Waals surface area contributed by atoms with Crippen LogP contribution in [0.3, 0.4) is 0 Å². The summed E-state index contributed by atoms with van der Waals surface area (Å²) in [6.07, 6.45) is 12.1. The van der Waals surface area contributed by atoms with E-state index in [9.17, 15) is 0 Å². The van der Waals surface area contributed by atoms with Gasteiger partial charge in [-0.15, -0.1) is 0 Å². The van der Waals surface area contributed by atoms with Crippen molar-refractivity contribution in [2.75, 3.05) is 18.0 Å². The minimum Gasteiger partial charge on any atom is -0.366 e. The molecule has 0 heterocycles. The first-order valence-corrected chi connectivity index (χ1v) is 10.1. The Kier molecular flexibility index (Phi) is 7.56. The van der Waals surface area contributed by atoms with Crippen molar-refractivity contribution in [2.45, 2.75) is 78.2 Å². The summed E-state index contributed by atoms with van der Waals surface area (Å²) >= 11 is 0. The predicted octanol–water partition coefficient (Wildman–Crippen LogP) is 5.71. The number of benzene rings is 1. The van der Waals surface area contributed by atoms with E-state index in [2.05, 4.69) is 62.9 Å². The van der Waals surface area contributed by atoms with Crippen molar-refractivity contribution in [3.8, 4) is 0 Å². The lowest BCUT2D eigenvalue weighted by atomic mass is 9.85. The molecule has 2 nitrogen and oxygen atoms in total. The van der Waals surface area contributed by atoms with Gasteiger partial charge in [-0.2, -0.15) is 0 Å². The molecular formula is C23H38N2. The smallest absolute Gasteiger partial charge is 0.0369 e. The van der Waals surface area contributed by atoms with Gasteiger partial charge in [0.25, 0.3) is 0 Å². The maximum Gasteiger partial charge on any atom is 0.0369 e. The van der Waals surface area contributed by atoms with Crippen LogP contribution in [-0.2, 0) is 6.42 Å². The van der Waals surface area contributed by atoms with E-state index in [0.717, 1.165) is 19.0 Å². The molecule has 0 radical (unpaired) electrons. The van der Waals surface area contributed by atoms with Gasteiger partial charge in [-0.25, -0.2) is 0 Å². The highest BCUT2D eigenvalue weighted by molar-refractivity contribution is 5.49. The largest absolute Gasteiger partial charge is 0.366 e. The monoisotopic (exact) mass is 342 g/mol. The van der Waals surface area contributed by atoms with Crippen LogP contribution in [0.2, 0.25) is 0 Å². The zero-order chi connectivity index (χ0) is 18.3. The zero-order valence-electron chi connectivity index (χ0n) is 16.9. The van der Waals surface area contributed by atoms with Gasteiger partial charge in [0.05, 0.1) is 0 Å². The second-order valence-electron chi connectivity index (χ2n) is 8.86. The minimum atomic E-state index is -0.199. The fraction of sp³-hybridized carbons (Fsp3) is 0.652. The van der Waals surface area contributed by atoms with Crippen molar-refractivity contribution in [1.82, 2.24) is 0 Å². The van der Waals surface area contributed by atoms with Gasteiger partial charge in [0, 0.05) is 24.3 Å². The molecule has 1 fully saturated rings. The molecule has 0 aliphatic heterocycles. The van der Waals surface area contributed by atoms with Crippen molar-refractivity contribution in [2.24, 2.45) is 11.7 Å². The molecule has 2 N–H and O–H groups in total. The number of aryl methyl sites for hydroxylation is 1. The molecule has 1 saturated carbocycles. The van der Waals surface area contributed by atoms with E-state index in [0.29, 0.717) is 0 Å². The van der Waals surface area contributed by atoms with E-state index in [1.54, 1.807) is 0 Å². The van der Waals surface area contributed by atoms with Crippen LogP contribution in [0.4, 0.5) is 5.69 Å². The first-order valence-electron chi connectivity index (χ1n) is 10.1. The summed E-state index contributed by atoms with van der Waals surface area (Å²) in [5.74, 6) is 0.959. The molecule has 0 atom stereocenters. The summed E-state index contributed by atoms with van der Waals surface area (Å²) < 4.78 is 0. The van der Waals surface area contributed by atoms with Crippen molar-refractivity contribution in [3.05, 3.63) is 41.5 Å². The highest BCUT2D eigenvalue weighted by Crippen LogP contribution is 2.28. The van der Waals surface area contributed by atoms with E-state index in [-0.39, 0.29) is 5.54 Å². The Morgan fingerprint density at radius 2 is 1.76 bits per heavy atom. The predicted molar refractivity (Wildman–Crippen MR) is 111 cm³/mol. The number of allylic oxidation sites excluding steroid dienone is 1. The molecule has 0 amide bonds. The van der Waals surface area contributed by atoms with Crippen LogP contribution >= 0.6 is 0 Å². The van der Waals surface area contributed by atoms with Gasteiger partial charge in [0.15, 0.2) is 0 Å². The molecule has 140 valence electrons. The number of nitrogens with two attached hydrogens (primary N) is 1. The van der Waals surface area contributed by atoms with Crippen molar-refractivity contribution in [3.63, 3.8) is 0 Å². The van der Waals surface area contributed by atoms with E-state index in [4.69, 9.17) is 5.73 Å². The fourth-order valence-electron chi connectivity index (χ4n) is 3.77. The second kappa shape index (κ2) is 9.43. The maximum atomic E-state index is 6.28. The third kappa shape index (κ3) is 7.64. The summed E-state index contributed by atoms with van der Waals surface area (Å²) in [6, 6.07) is 9.19. The lowest BCUT2D eigenvalue weighted by Gasteiger charge is -2.31. The number of hydrogen-bond acceptors (Lipinski definition) is 2. The average Bonchev–Trinajstić information content (AvgIpc) is 2.57. The zero-order valence-corrected chi connectivity index (χ0v) is 16.9. The number of rotatable bonds is 8. The van der Waals surface area contributed by atoms with E-state index < -0.39 is 0 Å². The van der Waals surface area contributed by atoms with Gasteiger partial charge >= 0.3 is 0 Å². The van der Waals surface area contributed by atoms with E-state index >= 15 is 0 Å². The Morgan fingerprint density at radius 1 is 1.12 bits per heavy atom. The van der Waals surface area contributed by atoms with E-state index in [1.807, 2.05) is 0 Å². The average molecular weight is 343 g/mol.